The average Bonchev–Trinajstić information content (AvgIpc) is 3.11. The molecule has 4 rings (SSSR count). The number of thiophene rings is 1. The molecule has 0 spiro atoms. The van der Waals surface area contributed by atoms with Crippen LogP contribution in [-0.2, 0) is 6.54 Å². The normalized spacial score (nSPS) is 11.0. The molecule has 0 fully saturated rings. The topological polar surface area (TPSA) is 70.8 Å². The molecule has 0 amide bonds. The third-order valence-electron chi connectivity index (χ3n) is 4.60. The molecule has 0 aliphatic rings. The zero-order valence-electron chi connectivity index (χ0n) is 15.4. The van der Waals surface area contributed by atoms with Crippen LogP contribution < -0.4 is 10.5 Å². The van der Waals surface area contributed by atoms with Crippen molar-refractivity contribution in [2.75, 3.05) is 11.9 Å². The van der Waals surface area contributed by atoms with Crippen LogP contribution in [0.4, 0.5) is 9.39 Å². The van der Waals surface area contributed by atoms with Crippen LogP contribution in [0.15, 0.2) is 69.9 Å². The number of halogens is 1. The van der Waals surface area contributed by atoms with E-state index in [2.05, 4.69) is 0 Å². The summed E-state index contributed by atoms with van der Waals surface area (Å²) in [6.07, 6.45) is 0. The van der Waals surface area contributed by atoms with Gasteiger partial charge in [-0.15, -0.1) is 11.3 Å². The Morgan fingerprint density at radius 1 is 1.14 bits per heavy atom. The highest BCUT2D eigenvalue weighted by Crippen LogP contribution is 2.33. The fourth-order valence-corrected chi connectivity index (χ4v) is 4.13. The van der Waals surface area contributed by atoms with E-state index < -0.39 is 11.6 Å². The molecule has 0 aliphatic carbocycles. The quantitative estimate of drug-likeness (QED) is 0.503. The summed E-state index contributed by atoms with van der Waals surface area (Å²) in [5, 5.41) is 9.94. The summed E-state index contributed by atoms with van der Waals surface area (Å²) in [6, 6.07) is 17.3. The summed E-state index contributed by atoms with van der Waals surface area (Å²) in [5.74, 6) is -1.59. The molecule has 0 radical (unpaired) electrons. The second-order valence-corrected chi connectivity index (χ2v) is 7.65. The smallest absolute Gasteiger partial charge is 0.351 e. The number of nitrogens with zero attached hydrogens (tertiary/aromatic N) is 1. The number of carboxylic acid groups (broad SMARTS) is 1. The Morgan fingerprint density at radius 3 is 2.59 bits per heavy atom. The molecule has 29 heavy (non-hydrogen) atoms. The van der Waals surface area contributed by atoms with Gasteiger partial charge in [-0.25, -0.2) is 14.0 Å². The van der Waals surface area contributed by atoms with E-state index >= 15 is 0 Å². The molecule has 0 aliphatic heterocycles. The van der Waals surface area contributed by atoms with Crippen molar-refractivity contribution in [1.82, 2.24) is 0 Å². The SMILES string of the molecule is CN(Cc1ccccc1-c1ccc(F)cc1)c1cc2oc(=O)c(C(=O)O)cc2s1. The first-order valence-corrected chi connectivity index (χ1v) is 9.60. The zero-order chi connectivity index (χ0) is 20.5. The molecule has 2 aromatic heterocycles. The maximum absolute atomic E-state index is 13.3. The van der Waals surface area contributed by atoms with E-state index in [1.54, 1.807) is 18.2 Å². The molecule has 0 unspecified atom stereocenters. The first kappa shape index (κ1) is 18.9. The van der Waals surface area contributed by atoms with Gasteiger partial charge in [0.2, 0.25) is 0 Å². The van der Waals surface area contributed by atoms with Crippen molar-refractivity contribution in [3.63, 3.8) is 0 Å². The standard InChI is InChI=1S/C22H16FNO4S/c1-24(20-11-18-19(29-20)10-17(21(25)26)22(27)28-18)12-14-4-2-3-5-16(14)13-6-8-15(23)9-7-13/h2-11H,12H2,1H3,(H,25,26). The molecule has 7 heteroatoms. The lowest BCUT2D eigenvalue weighted by Crippen LogP contribution is -2.15. The Morgan fingerprint density at radius 2 is 1.86 bits per heavy atom. The van der Waals surface area contributed by atoms with Crippen molar-refractivity contribution in [2.24, 2.45) is 0 Å². The number of benzene rings is 2. The number of fused-ring (bicyclic) bond motifs is 1. The van der Waals surface area contributed by atoms with E-state index in [9.17, 15) is 14.0 Å². The predicted octanol–water partition coefficient (Wildman–Crippen LogP) is 5.00. The van der Waals surface area contributed by atoms with Crippen LogP contribution in [0.25, 0.3) is 21.4 Å². The lowest BCUT2D eigenvalue weighted by molar-refractivity contribution is 0.0692. The number of anilines is 1. The van der Waals surface area contributed by atoms with Crippen molar-refractivity contribution < 1.29 is 18.7 Å². The maximum Gasteiger partial charge on any atom is 0.351 e. The highest BCUT2D eigenvalue weighted by atomic mass is 32.1. The van der Waals surface area contributed by atoms with Gasteiger partial charge < -0.3 is 14.4 Å². The van der Waals surface area contributed by atoms with Gasteiger partial charge >= 0.3 is 11.6 Å². The van der Waals surface area contributed by atoms with Gasteiger partial charge in [0.1, 0.15) is 11.4 Å². The number of hydrogen-bond acceptors (Lipinski definition) is 5. The Hall–Kier alpha value is -3.45. The summed E-state index contributed by atoms with van der Waals surface area (Å²) in [4.78, 5) is 24.9. The Kier molecular flexibility index (Phi) is 4.90. The van der Waals surface area contributed by atoms with Gasteiger partial charge in [-0.3, -0.25) is 0 Å². The minimum absolute atomic E-state index is 0.282. The molecular formula is C22H16FNO4S. The van der Waals surface area contributed by atoms with Crippen molar-refractivity contribution in [3.8, 4) is 11.1 Å². The Balaban J connectivity index is 1.66. The van der Waals surface area contributed by atoms with Crippen molar-refractivity contribution in [3.05, 3.63) is 88.0 Å². The molecule has 0 atom stereocenters. The highest BCUT2D eigenvalue weighted by molar-refractivity contribution is 7.22. The van der Waals surface area contributed by atoms with Gasteiger partial charge in [0.25, 0.3) is 0 Å². The number of aromatic carboxylic acids is 1. The van der Waals surface area contributed by atoms with Gasteiger partial charge in [0.05, 0.1) is 9.70 Å². The van der Waals surface area contributed by atoms with E-state index in [-0.39, 0.29) is 11.4 Å². The lowest BCUT2D eigenvalue weighted by atomic mass is 9.99. The highest BCUT2D eigenvalue weighted by Gasteiger charge is 2.16. The van der Waals surface area contributed by atoms with Crippen LogP contribution in [0.2, 0.25) is 0 Å². The van der Waals surface area contributed by atoms with Gasteiger partial charge in [0.15, 0.2) is 5.58 Å². The monoisotopic (exact) mass is 409 g/mol. The predicted molar refractivity (Wildman–Crippen MR) is 111 cm³/mol. The van der Waals surface area contributed by atoms with Crippen LogP contribution in [0, 0.1) is 5.82 Å². The van der Waals surface area contributed by atoms with Crippen molar-refractivity contribution in [2.45, 2.75) is 6.54 Å². The largest absolute Gasteiger partial charge is 0.477 e. The molecular weight excluding hydrogens is 393 g/mol. The van der Waals surface area contributed by atoms with E-state index in [1.807, 2.05) is 36.2 Å². The summed E-state index contributed by atoms with van der Waals surface area (Å²) in [6.45, 7) is 0.566. The fraction of sp³-hybridized carbons (Fsp3) is 0.0909. The van der Waals surface area contributed by atoms with E-state index in [0.717, 1.165) is 21.7 Å². The fourth-order valence-electron chi connectivity index (χ4n) is 3.14. The molecule has 0 saturated heterocycles. The van der Waals surface area contributed by atoms with E-state index in [1.165, 1.54) is 29.5 Å². The molecule has 146 valence electrons. The van der Waals surface area contributed by atoms with Crippen LogP contribution in [0.3, 0.4) is 0 Å². The van der Waals surface area contributed by atoms with Crippen LogP contribution >= 0.6 is 11.3 Å². The Bertz CT molecular complexity index is 1260. The van der Waals surface area contributed by atoms with Gasteiger partial charge in [-0.1, -0.05) is 36.4 Å². The summed E-state index contributed by atoms with van der Waals surface area (Å²) < 4.78 is 19.0. The molecule has 0 saturated carbocycles. The van der Waals surface area contributed by atoms with Gasteiger partial charge in [-0.2, -0.15) is 0 Å². The second-order valence-electron chi connectivity index (χ2n) is 6.59. The lowest BCUT2D eigenvalue weighted by Gasteiger charge is -2.19. The van der Waals surface area contributed by atoms with Crippen LogP contribution in [0.5, 0.6) is 0 Å². The first-order chi connectivity index (χ1) is 13.9. The van der Waals surface area contributed by atoms with Crippen LogP contribution in [-0.4, -0.2) is 18.1 Å². The summed E-state index contributed by atoms with van der Waals surface area (Å²) in [5.41, 5.74) is 2.09. The van der Waals surface area contributed by atoms with Crippen molar-refractivity contribution in [1.29, 1.82) is 0 Å². The van der Waals surface area contributed by atoms with Gasteiger partial charge in [0, 0.05) is 19.7 Å². The van der Waals surface area contributed by atoms with E-state index in [0.29, 0.717) is 16.8 Å². The summed E-state index contributed by atoms with van der Waals surface area (Å²) in [7, 11) is 1.91. The number of carbonyl (C=O) groups is 1. The number of carboxylic acids is 1. The first-order valence-electron chi connectivity index (χ1n) is 8.78. The minimum atomic E-state index is -1.31. The van der Waals surface area contributed by atoms with Crippen LogP contribution in [0.1, 0.15) is 15.9 Å². The maximum atomic E-state index is 13.3. The van der Waals surface area contributed by atoms with Crippen molar-refractivity contribution >= 4 is 32.6 Å². The Labute approximate surface area is 169 Å². The third-order valence-corrected chi connectivity index (χ3v) is 5.77. The molecule has 0 bridgehead atoms. The molecule has 5 nitrogen and oxygen atoms in total. The van der Waals surface area contributed by atoms with E-state index in [4.69, 9.17) is 9.52 Å². The molecule has 1 N–H and O–H groups in total. The second kappa shape index (κ2) is 7.52. The molecule has 4 aromatic rings. The molecule has 2 heterocycles. The zero-order valence-corrected chi connectivity index (χ0v) is 16.2. The van der Waals surface area contributed by atoms with Gasteiger partial charge in [-0.05, 0) is 34.9 Å². The number of rotatable bonds is 5. The average molecular weight is 409 g/mol. The minimum Gasteiger partial charge on any atom is -0.477 e. The third kappa shape index (κ3) is 3.77. The number of hydrogen-bond donors (Lipinski definition) is 1. The molecule has 2 aromatic carbocycles. The summed E-state index contributed by atoms with van der Waals surface area (Å²) >= 11 is 1.35.